The standard InChI is InChI=1S/C24H21F2N7O4/c1-35-18-8-12(7-13-10-36-11-37-20(13)18)19(30-14-4-5-15(21(27)28)17(26)9-14)22-31-24(34)33(32-22)23-16(25)3-2-6-29-23/h2-9,19,30H,10-11H2,1H3,(H3,27,28)(H,31,32,34)/t19-/m0/s1. The first-order valence-electron chi connectivity index (χ1n) is 11.0. The van der Waals surface area contributed by atoms with E-state index in [2.05, 4.69) is 20.4 Å². The quantitative estimate of drug-likeness (QED) is 0.219. The minimum Gasteiger partial charge on any atom is -0.493 e. The first kappa shape index (κ1) is 23.9. The molecule has 0 radical (unpaired) electrons. The van der Waals surface area contributed by atoms with Gasteiger partial charge >= 0.3 is 5.69 Å². The predicted molar refractivity (Wildman–Crippen MR) is 128 cm³/mol. The number of aromatic nitrogens is 4. The summed E-state index contributed by atoms with van der Waals surface area (Å²) in [5.74, 6) is -1.13. The number of nitrogens with two attached hydrogens (primary N) is 1. The van der Waals surface area contributed by atoms with E-state index < -0.39 is 29.2 Å². The number of amidine groups is 1. The Morgan fingerprint density at radius 1 is 1.27 bits per heavy atom. The normalized spacial score (nSPS) is 13.4. The van der Waals surface area contributed by atoms with Gasteiger partial charge in [-0.15, -0.1) is 5.10 Å². The highest BCUT2D eigenvalue weighted by Gasteiger charge is 2.26. The largest absolute Gasteiger partial charge is 0.493 e. The topological polar surface area (TPSA) is 153 Å². The van der Waals surface area contributed by atoms with Gasteiger partial charge in [-0.25, -0.2) is 18.6 Å². The van der Waals surface area contributed by atoms with Gasteiger partial charge in [0.2, 0.25) is 0 Å². The number of anilines is 1. The number of H-pyrrole nitrogens is 1. The molecule has 5 N–H and O–H groups in total. The summed E-state index contributed by atoms with van der Waals surface area (Å²) < 4.78 is 46.2. The minimum absolute atomic E-state index is 0.0600. The van der Waals surface area contributed by atoms with Gasteiger partial charge in [0.05, 0.1) is 19.3 Å². The van der Waals surface area contributed by atoms with E-state index in [0.29, 0.717) is 28.3 Å². The van der Waals surface area contributed by atoms with Crippen molar-refractivity contribution in [2.75, 3.05) is 19.2 Å². The van der Waals surface area contributed by atoms with Crippen LogP contribution in [0, 0.1) is 17.0 Å². The second-order valence-electron chi connectivity index (χ2n) is 8.04. The zero-order valence-corrected chi connectivity index (χ0v) is 19.4. The number of fused-ring (bicyclic) bond motifs is 1. The number of pyridine rings is 1. The van der Waals surface area contributed by atoms with Crippen LogP contribution in [-0.4, -0.2) is 39.5 Å². The van der Waals surface area contributed by atoms with Crippen molar-refractivity contribution in [2.24, 2.45) is 5.73 Å². The summed E-state index contributed by atoms with van der Waals surface area (Å²) in [4.78, 5) is 19.3. The number of benzene rings is 2. The molecule has 11 nitrogen and oxygen atoms in total. The van der Waals surface area contributed by atoms with Crippen LogP contribution in [0.4, 0.5) is 14.5 Å². The van der Waals surface area contributed by atoms with Crippen LogP contribution in [-0.2, 0) is 11.3 Å². The molecule has 0 spiro atoms. The molecule has 1 aliphatic heterocycles. The Balaban J connectivity index is 1.63. The maximum Gasteiger partial charge on any atom is 0.349 e. The van der Waals surface area contributed by atoms with Crippen molar-refractivity contribution in [3.63, 3.8) is 0 Å². The van der Waals surface area contributed by atoms with E-state index in [-0.39, 0.29) is 30.6 Å². The molecule has 0 bridgehead atoms. The molecular weight excluding hydrogens is 488 g/mol. The number of hydrogen-bond donors (Lipinski definition) is 4. The zero-order chi connectivity index (χ0) is 26.1. The molecule has 190 valence electrons. The van der Waals surface area contributed by atoms with E-state index in [1.54, 1.807) is 12.1 Å². The van der Waals surface area contributed by atoms with Crippen LogP contribution in [0.1, 0.15) is 28.6 Å². The lowest BCUT2D eigenvalue weighted by Crippen LogP contribution is -2.18. The summed E-state index contributed by atoms with van der Waals surface area (Å²) in [7, 11) is 1.48. The van der Waals surface area contributed by atoms with Crippen molar-refractivity contribution in [3.8, 4) is 17.3 Å². The molecule has 0 unspecified atom stereocenters. The van der Waals surface area contributed by atoms with Gasteiger partial charge in [0.25, 0.3) is 0 Å². The summed E-state index contributed by atoms with van der Waals surface area (Å²) in [5.41, 5.74) is 6.18. The molecule has 2 aromatic heterocycles. The molecule has 37 heavy (non-hydrogen) atoms. The van der Waals surface area contributed by atoms with E-state index in [1.165, 1.54) is 37.6 Å². The zero-order valence-electron chi connectivity index (χ0n) is 19.4. The molecule has 0 saturated heterocycles. The lowest BCUT2D eigenvalue weighted by Gasteiger charge is -2.24. The van der Waals surface area contributed by atoms with Crippen LogP contribution in [0.2, 0.25) is 0 Å². The molecule has 0 aliphatic carbocycles. The number of nitrogen functional groups attached to an aromatic ring is 1. The SMILES string of the molecule is COc1cc([C@H](Nc2ccc(C(=N)N)c(F)c2)c2nn(-c3ncccc3F)c(=O)[nH]2)cc2c1OCOC2. The third kappa shape index (κ3) is 4.59. The molecule has 0 fully saturated rings. The second-order valence-corrected chi connectivity index (χ2v) is 8.04. The summed E-state index contributed by atoms with van der Waals surface area (Å²) in [6, 6.07) is 9.19. The highest BCUT2D eigenvalue weighted by molar-refractivity contribution is 5.95. The minimum atomic E-state index is -0.871. The van der Waals surface area contributed by atoms with Gasteiger partial charge in [-0.05, 0) is 48.0 Å². The summed E-state index contributed by atoms with van der Waals surface area (Å²) in [6.07, 6.45) is 1.34. The number of nitrogens with zero attached hydrogens (tertiary/aromatic N) is 3. The number of rotatable bonds is 7. The number of halogens is 2. The van der Waals surface area contributed by atoms with Gasteiger partial charge in [0, 0.05) is 17.4 Å². The lowest BCUT2D eigenvalue weighted by atomic mass is 10.0. The average molecular weight is 509 g/mol. The molecule has 1 aliphatic rings. The van der Waals surface area contributed by atoms with Crippen LogP contribution in [0.5, 0.6) is 11.5 Å². The van der Waals surface area contributed by atoms with Gasteiger partial charge < -0.3 is 25.3 Å². The Labute approximate surface area is 208 Å². The van der Waals surface area contributed by atoms with Gasteiger partial charge in [-0.1, -0.05) is 0 Å². The molecule has 5 rings (SSSR count). The van der Waals surface area contributed by atoms with Crippen molar-refractivity contribution < 1.29 is 23.0 Å². The van der Waals surface area contributed by atoms with Gasteiger partial charge in [0.15, 0.2) is 35.8 Å². The maximum absolute atomic E-state index is 14.6. The number of aromatic amines is 1. The Kier molecular flexibility index (Phi) is 6.27. The van der Waals surface area contributed by atoms with Crippen LogP contribution in [0.15, 0.2) is 53.5 Å². The Morgan fingerprint density at radius 3 is 2.84 bits per heavy atom. The van der Waals surface area contributed by atoms with E-state index in [4.69, 9.17) is 25.4 Å². The second kappa shape index (κ2) is 9.70. The molecule has 3 heterocycles. The molecule has 2 aromatic carbocycles. The van der Waals surface area contributed by atoms with E-state index in [9.17, 15) is 13.6 Å². The fourth-order valence-electron chi connectivity index (χ4n) is 3.97. The van der Waals surface area contributed by atoms with Crippen LogP contribution >= 0.6 is 0 Å². The first-order valence-corrected chi connectivity index (χ1v) is 11.0. The molecule has 1 atom stereocenters. The average Bonchev–Trinajstić information content (AvgIpc) is 3.27. The highest BCUT2D eigenvalue weighted by Crippen LogP contribution is 2.38. The smallest absolute Gasteiger partial charge is 0.349 e. The van der Waals surface area contributed by atoms with E-state index >= 15 is 0 Å². The van der Waals surface area contributed by atoms with Crippen molar-refractivity contribution in [2.45, 2.75) is 12.6 Å². The maximum atomic E-state index is 14.6. The van der Waals surface area contributed by atoms with E-state index in [0.717, 1.165) is 10.7 Å². The highest BCUT2D eigenvalue weighted by atomic mass is 19.1. The number of ether oxygens (including phenoxy) is 3. The Hall–Kier alpha value is -4.78. The van der Waals surface area contributed by atoms with Crippen molar-refractivity contribution in [3.05, 3.63) is 93.3 Å². The fourth-order valence-corrected chi connectivity index (χ4v) is 3.97. The fraction of sp³-hybridized carbons (Fsp3) is 0.167. The number of methoxy groups -OCH3 is 1. The lowest BCUT2D eigenvalue weighted by molar-refractivity contribution is -0.0180. The first-order chi connectivity index (χ1) is 17.9. The Bertz CT molecular complexity index is 1540. The number of nitrogens with one attached hydrogen (secondary N) is 3. The summed E-state index contributed by atoms with van der Waals surface area (Å²) in [5, 5.41) is 14.9. The van der Waals surface area contributed by atoms with Gasteiger partial charge in [-0.2, -0.15) is 4.68 Å². The van der Waals surface area contributed by atoms with Crippen LogP contribution in [0.3, 0.4) is 0 Å². The third-order valence-electron chi connectivity index (χ3n) is 5.67. The molecular formula is C24H21F2N7O4. The Morgan fingerprint density at radius 2 is 2.11 bits per heavy atom. The molecule has 4 aromatic rings. The van der Waals surface area contributed by atoms with Crippen molar-refractivity contribution >= 4 is 11.5 Å². The van der Waals surface area contributed by atoms with Crippen molar-refractivity contribution in [1.82, 2.24) is 19.7 Å². The van der Waals surface area contributed by atoms with E-state index in [1.807, 2.05) is 0 Å². The van der Waals surface area contributed by atoms with Crippen LogP contribution < -0.4 is 26.2 Å². The van der Waals surface area contributed by atoms with Crippen molar-refractivity contribution in [1.29, 1.82) is 5.41 Å². The molecule has 0 saturated carbocycles. The molecule has 0 amide bonds. The molecule has 13 heteroatoms. The van der Waals surface area contributed by atoms with Gasteiger partial charge in [0.1, 0.15) is 17.7 Å². The number of hydrogen-bond acceptors (Lipinski definition) is 8. The third-order valence-corrected chi connectivity index (χ3v) is 5.67. The monoisotopic (exact) mass is 509 g/mol. The summed E-state index contributed by atoms with van der Waals surface area (Å²) >= 11 is 0. The van der Waals surface area contributed by atoms with Gasteiger partial charge in [-0.3, -0.25) is 10.4 Å². The predicted octanol–water partition coefficient (Wildman–Crippen LogP) is 2.59. The van der Waals surface area contributed by atoms with Crippen LogP contribution in [0.25, 0.3) is 5.82 Å². The summed E-state index contributed by atoms with van der Waals surface area (Å²) in [6.45, 7) is 0.317.